The number of hydrogen-bond acceptors (Lipinski definition) is 5. The van der Waals surface area contributed by atoms with Gasteiger partial charge in [-0.25, -0.2) is 4.79 Å². The Hall–Kier alpha value is -1.89. The summed E-state index contributed by atoms with van der Waals surface area (Å²) in [5.74, 6) is -0.719. The number of carbonyl (C=O) groups excluding carboxylic acids is 1. The van der Waals surface area contributed by atoms with Crippen LogP contribution in [0.3, 0.4) is 0 Å². The van der Waals surface area contributed by atoms with E-state index in [9.17, 15) is 9.59 Å². The summed E-state index contributed by atoms with van der Waals surface area (Å²) in [5.41, 5.74) is 0.388. The van der Waals surface area contributed by atoms with Crippen LogP contribution < -0.4 is 10.6 Å². The lowest BCUT2D eigenvalue weighted by atomic mass is 9.81. The van der Waals surface area contributed by atoms with Crippen molar-refractivity contribution in [3.63, 3.8) is 0 Å². The van der Waals surface area contributed by atoms with Gasteiger partial charge in [0.15, 0.2) is 0 Å². The number of rotatable bonds is 5. The number of carboxylic acids is 1. The molecule has 1 aromatic heterocycles. The van der Waals surface area contributed by atoms with Gasteiger partial charge in [0.05, 0.1) is 5.69 Å². The van der Waals surface area contributed by atoms with Crippen LogP contribution in [0.2, 0.25) is 0 Å². The Labute approximate surface area is 135 Å². The highest BCUT2D eigenvalue weighted by Gasteiger charge is 2.29. The number of aromatic carboxylic acids is 1. The van der Waals surface area contributed by atoms with Gasteiger partial charge in [0, 0.05) is 18.0 Å². The predicted molar refractivity (Wildman–Crippen MR) is 84.1 cm³/mol. The molecule has 1 aromatic rings. The third-order valence-corrected chi connectivity index (χ3v) is 3.97. The Morgan fingerprint density at radius 1 is 1.43 bits per heavy atom. The molecular formula is C16H25N3O4. The van der Waals surface area contributed by atoms with E-state index in [1.54, 1.807) is 0 Å². The van der Waals surface area contributed by atoms with Gasteiger partial charge in [-0.1, -0.05) is 5.16 Å². The molecule has 0 aromatic carbocycles. The topological polar surface area (TPSA) is 104 Å². The molecule has 2 atom stereocenters. The lowest BCUT2D eigenvalue weighted by Gasteiger charge is -2.32. The van der Waals surface area contributed by atoms with Gasteiger partial charge in [-0.15, -0.1) is 0 Å². The van der Waals surface area contributed by atoms with Crippen LogP contribution in [0, 0.1) is 11.8 Å². The maximum Gasteiger partial charge on any atom is 0.374 e. The van der Waals surface area contributed by atoms with Gasteiger partial charge >= 0.3 is 5.97 Å². The monoisotopic (exact) mass is 323 g/mol. The number of hydrogen-bond donors (Lipinski definition) is 3. The molecule has 1 aliphatic heterocycles. The summed E-state index contributed by atoms with van der Waals surface area (Å²) in [5, 5.41) is 19.0. The maximum absolute atomic E-state index is 12.2. The highest BCUT2D eigenvalue weighted by atomic mass is 16.5. The van der Waals surface area contributed by atoms with Crippen molar-refractivity contribution in [1.82, 2.24) is 15.8 Å². The van der Waals surface area contributed by atoms with E-state index in [0.29, 0.717) is 18.5 Å². The fourth-order valence-corrected chi connectivity index (χ4v) is 2.97. The minimum Gasteiger partial charge on any atom is -0.475 e. The molecule has 128 valence electrons. The first-order valence-corrected chi connectivity index (χ1v) is 7.95. The van der Waals surface area contributed by atoms with Crippen molar-refractivity contribution in [3.05, 3.63) is 17.5 Å². The zero-order valence-electron chi connectivity index (χ0n) is 13.9. The molecule has 0 spiro atoms. The molecule has 0 saturated carbocycles. The van der Waals surface area contributed by atoms with Crippen molar-refractivity contribution in [2.24, 2.45) is 11.8 Å². The molecule has 3 N–H and O–H groups in total. The van der Waals surface area contributed by atoms with Crippen LogP contribution in [0.15, 0.2) is 10.6 Å². The van der Waals surface area contributed by atoms with E-state index in [1.165, 1.54) is 6.07 Å². The highest BCUT2D eigenvalue weighted by Crippen LogP contribution is 2.26. The van der Waals surface area contributed by atoms with E-state index in [2.05, 4.69) is 15.8 Å². The minimum absolute atomic E-state index is 0.0563. The second kappa shape index (κ2) is 7.12. The van der Waals surface area contributed by atoms with Crippen molar-refractivity contribution in [2.45, 2.75) is 45.6 Å². The number of nitrogens with one attached hydrogen (secondary N) is 2. The normalized spacial score (nSPS) is 21.9. The molecule has 1 saturated heterocycles. The van der Waals surface area contributed by atoms with Crippen LogP contribution in [0.5, 0.6) is 0 Å². The highest BCUT2D eigenvalue weighted by molar-refractivity contribution is 5.84. The average Bonchev–Trinajstić information content (AvgIpc) is 2.87. The smallest absolute Gasteiger partial charge is 0.374 e. The number of piperidine rings is 1. The van der Waals surface area contributed by atoms with Crippen LogP contribution in [0.25, 0.3) is 0 Å². The third-order valence-electron chi connectivity index (χ3n) is 3.97. The Balaban J connectivity index is 1.97. The summed E-state index contributed by atoms with van der Waals surface area (Å²) in [6, 6.07) is 1.46. The van der Waals surface area contributed by atoms with E-state index in [4.69, 9.17) is 9.63 Å². The Kier molecular flexibility index (Phi) is 5.41. The standard InChI is InChI=1S/C16H25N3O4/c1-16(2,3)18-14(20)7-10-4-5-17-9-11(10)6-12-8-13(15(21)22)23-19-12/h8,10-11,17H,4-7,9H2,1-3H3,(H,18,20)(H,21,22)/t10-,11+/m1/s1. The average molecular weight is 323 g/mol. The van der Waals surface area contributed by atoms with Crippen molar-refractivity contribution in [1.29, 1.82) is 0 Å². The Morgan fingerprint density at radius 3 is 2.78 bits per heavy atom. The molecule has 1 aliphatic rings. The molecule has 7 heteroatoms. The fourth-order valence-electron chi connectivity index (χ4n) is 2.97. The summed E-state index contributed by atoms with van der Waals surface area (Å²) in [6.07, 6.45) is 2.01. The molecule has 0 aliphatic carbocycles. The third kappa shape index (κ3) is 5.35. The van der Waals surface area contributed by atoms with Crippen molar-refractivity contribution >= 4 is 11.9 Å². The molecule has 0 unspecified atom stereocenters. The maximum atomic E-state index is 12.2. The summed E-state index contributed by atoms with van der Waals surface area (Å²) >= 11 is 0. The van der Waals surface area contributed by atoms with E-state index in [1.807, 2.05) is 20.8 Å². The molecule has 23 heavy (non-hydrogen) atoms. The minimum atomic E-state index is -1.12. The van der Waals surface area contributed by atoms with E-state index < -0.39 is 5.97 Å². The zero-order valence-corrected chi connectivity index (χ0v) is 13.9. The molecule has 1 fully saturated rings. The van der Waals surface area contributed by atoms with E-state index >= 15 is 0 Å². The molecule has 7 nitrogen and oxygen atoms in total. The quantitative estimate of drug-likeness (QED) is 0.757. The molecule has 0 bridgehead atoms. The van der Waals surface area contributed by atoms with Gasteiger partial charge in [-0.3, -0.25) is 4.79 Å². The first-order valence-electron chi connectivity index (χ1n) is 7.95. The fraction of sp³-hybridized carbons (Fsp3) is 0.688. The summed E-state index contributed by atoms with van der Waals surface area (Å²) in [4.78, 5) is 23.0. The van der Waals surface area contributed by atoms with Crippen LogP contribution in [-0.2, 0) is 11.2 Å². The molecule has 2 rings (SSSR count). The van der Waals surface area contributed by atoms with Crippen molar-refractivity contribution in [3.8, 4) is 0 Å². The van der Waals surface area contributed by atoms with Crippen LogP contribution >= 0.6 is 0 Å². The summed E-state index contributed by atoms with van der Waals surface area (Å²) in [6.45, 7) is 7.58. The van der Waals surface area contributed by atoms with E-state index in [0.717, 1.165) is 19.5 Å². The number of nitrogens with zero attached hydrogens (tertiary/aromatic N) is 1. The van der Waals surface area contributed by atoms with Crippen LogP contribution in [0.1, 0.15) is 49.9 Å². The van der Waals surface area contributed by atoms with Crippen LogP contribution in [0.4, 0.5) is 0 Å². The molecular weight excluding hydrogens is 298 g/mol. The van der Waals surface area contributed by atoms with Gasteiger partial charge in [-0.2, -0.15) is 0 Å². The van der Waals surface area contributed by atoms with Gasteiger partial charge < -0.3 is 20.3 Å². The molecule has 2 heterocycles. The lowest BCUT2D eigenvalue weighted by Crippen LogP contribution is -2.44. The first-order chi connectivity index (χ1) is 10.7. The number of carboxylic acid groups (broad SMARTS) is 1. The van der Waals surface area contributed by atoms with Gasteiger partial charge in [0.1, 0.15) is 0 Å². The largest absolute Gasteiger partial charge is 0.475 e. The van der Waals surface area contributed by atoms with Crippen molar-refractivity contribution in [2.75, 3.05) is 13.1 Å². The molecule has 1 amide bonds. The second-order valence-electron chi connectivity index (χ2n) is 7.21. The SMILES string of the molecule is CC(C)(C)NC(=O)C[C@H]1CCNC[C@@H]1Cc1cc(C(=O)O)on1. The Bertz CT molecular complexity index is 562. The van der Waals surface area contributed by atoms with Gasteiger partial charge in [0.2, 0.25) is 11.7 Å². The van der Waals surface area contributed by atoms with E-state index in [-0.39, 0.29) is 29.0 Å². The summed E-state index contributed by atoms with van der Waals surface area (Å²) in [7, 11) is 0. The van der Waals surface area contributed by atoms with Crippen LogP contribution in [-0.4, -0.2) is 40.8 Å². The molecule has 0 radical (unpaired) electrons. The van der Waals surface area contributed by atoms with Gasteiger partial charge in [0.25, 0.3) is 0 Å². The number of aromatic nitrogens is 1. The second-order valence-corrected chi connectivity index (χ2v) is 7.21. The predicted octanol–water partition coefficient (Wildman–Crippen LogP) is 1.45. The zero-order chi connectivity index (χ0) is 17.0. The summed E-state index contributed by atoms with van der Waals surface area (Å²) < 4.78 is 4.80. The first kappa shape index (κ1) is 17.5. The Morgan fingerprint density at radius 2 is 2.17 bits per heavy atom. The lowest BCUT2D eigenvalue weighted by molar-refractivity contribution is -0.124. The van der Waals surface area contributed by atoms with Gasteiger partial charge in [-0.05, 0) is 58.5 Å². The van der Waals surface area contributed by atoms with Crippen molar-refractivity contribution < 1.29 is 19.2 Å². The number of carbonyl (C=O) groups is 2. The number of amides is 1.